The first kappa shape index (κ1) is 12.1. The van der Waals surface area contributed by atoms with Gasteiger partial charge in [0.25, 0.3) is 0 Å². The van der Waals surface area contributed by atoms with Crippen molar-refractivity contribution in [2.75, 3.05) is 26.2 Å². The normalized spacial score (nSPS) is 16.0. The number of benzene rings is 1. The molecule has 2 rings (SSSR count). The molecule has 0 unspecified atom stereocenters. The van der Waals surface area contributed by atoms with Crippen LogP contribution in [0.4, 0.5) is 0 Å². The minimum atomic E-state index is 0.134. The van der Waals surface area contributed by atoms with E-state index in [2.05, 4.69) is 5.32 Å². The number of hydrogen-bond acceptors (Lipinski definition) is 1. The van der Waals surface area contributed by atoms with Crippen molar-refractivity contribution >= 4 is 5.91 Å². The van der Waals surface area contributed by atoms with Crippen LogP contribution in [0.3, 0.4) is 0 Å². The first-order valence-electron chi connectivity index (χ1n) is 6.49. The quantitative estimate of drug-likeness (QED) is 0.739. The zero-order chi connectivity index (χ0) is 11.9. The summed E-state index contributed by atoms with van der Waals surface area (Å²) in [4.78, 5) is 13.3. The SMILES string of the molecule is O=C(Cc1ccccc1)NCC[NH+]1CCCC1. The topological polar surface area (TPSA) is 33.5 Å². The molecule has 1 aliphatic rings. The number of carbonyl (C=O) groups excluding carboxylic acids is 1. The van der Waals surface area contributed by atoms with Gasteiger partial charge in [-0.05, 0) is 5.56 Å². The Kier molecular flexibility index (Phi) is 4.56. The molecule has 17 heavy (non-hydrogen) atoms. The number of amides is 1. The van der Waals surface area contributed by atoms with Crippen LogP contribution in [0.15, 0.2) is 30.3 Å². The van der Waals surface area contributed by atoms with Crippen molar-refractivity contribution in [1.29, 1.82) is 0 Å². The van der Waals surface area contributed by atoms with Gasteiger partial charge >= 0.3 is 0 Å². The van der Waals surface area contributed by atoms with Gasteiger partial charge in [0.05, 0.1) is 32.6 Å². The van der Waals surface area contributed by atoms with Crippen LogP contribution >= 0.6 is 0 Å². The maximum atomic E-state index is 11.7. The second-order valence-electron chi connectivity index (χ2n) is 4.72. The maximum Gasteiger partial charge on any atom is 0.224 e. The van der Waals surface area contributed by atoms with E-state index in [1.807, 2.05) is 30.3 Å². The van der Waals surface area contributed by atoms with Gasteiger partial charge in [-0.1, -0.05) is 30.3 Å². The van der Waals surface area contributed by atoms with Gasteiger partial charge in [0.15, 0.2) is 0 Å². The Labute approximate surface area is 103 Å². The lowest BCUT2D eigenvalue weighted by atomic mass is 10.1. The Morgan fingerprint density at radius 2 is 1.88 bits per heavy atom. The highest BCUT2D eigenvalue weighted by atomic mass is 16.1. The molecule has 0 bridgehead atoms. The standard InChI is InChI=1S/C14H20N2O/c17-14(12-13-6-2-1-3-7-13)15-8-11-16-9-4-5-10-16/h1-3,6-7H,4-5,8-12H2,(H,15,17)/p+1. The van der Waals surface area contributed by atoms with Gasteiger partial charge < -0.3 is 10.2 Å². The zero-order valence-corrected chi connectivity index (χ0v) is 10.2. The Hall–Kier alpha value is -1.35. The van der Waals surface area contributed by atoms with Crippen LogP contribution in [0.2, 0.25) is 0 Å². The predicted molar refractivity (Wildman–Crippen MR) is 68.0 cm³/mol. The minimum Gasteiger partial charge on any atom is -0.350 e. The van der Waals surface area contributed by atoms with E-state index in [0.717, 1.165) is 18.7 Å². The van der Waals surface area contributed by atoms with Crippen LogP contribution in [0.1, 0.15) is 18.4 Å². The Morgan fingerprint density at radius 1 is 1.18 bits per heavy atom. The fraction of sp³-hybridized carbons (Fsp3) is 0.500. The Balaban J connectivity index is 1.64. The number of rotatable bonds is 5. The molecule has 3 heteroatoms. The summed E-state index contributed by atoms with van der Waals surface area (Å²) in [5.41, 5.74) is 1.08. The molecule has 1 amide bonds. The molecule has 0 saturated carbocycles. The molecule has 0 spiro atoms. The average Bonchev–Trinajstić information content (AvgIpc) is 2.83. The van der Waals surface area contributed by atoms with E-state index >= 15 is 0 Å². The van der Waals surface area contributed by atoms with E-state index in [-0.39, 0.29) is 5.91 Å². The molecule has 0 radical (unpaired) electrons. The Morgan fingerprint density at radius 3 is 2.59 bits per heavy atom. The summed E-state index contributed by atoms with van der Waals surface area (Å²) in [6.45, 7) is 4.42. The van der Waals surface area contributed by atoms with E-state index < -0.39 is 0 Å². The minimum absolute atomic E-state index is 0.134. The lowest BCUT2D eigenvalue weighted by Crippen LogP contribution is -3.10. The lowest BCUT2D eigenvalue weighted by molar-refractivity contribution is -0.886. The van der Waals surface area contributed by atoms with Crippen LogP contribution in [-0.2, 0) is 11.2 Å². The first-order valence-corrected chi connectivity index (χ1v) is 6.49. The highest BCUT2D eigenvalue weighted by Gasteiger charge is 2.14. The highest BCUT2D eigenvalue weighted by molar-refractivity contribution is 5.78. The lowest BCUT2D eigenvalue weighted by Gasteiger charge is -2.12. The molecule has 0 aromatic heterocycles. The van der Waals surface area contributed by atoms with Crippen molar-refractivity contribution in [1.82, 2.24) is 5.32 Å². The van der Waals surface area contributed by atoms with Gasteiger partial charge in [-0.2, -0.15) is 0 Å². The van der Waals surface area contributed by atoms with Crippen LogP contribution in [0.25, 0.3) is 0 Å². The number of nitrogens with one attached hydrogen (secondary N) is 2. The Bertz CT molecular complexity index is 344. The molecule has 1 heterocycles. The predicted octanol–water partition coefficient (Wildman–Crippen LogP) is 0.0240. The number of carbonyl (C=O) groups is 1. The van der Waals surface area contributed by atoms with Crippen molar-refractivity contribution in [3.63, 3.8) is 0 Å². The maximum absolute atomic E-state index is 11.7. The van der Waals surface area contributed by atoms with Crippen molar-refractivity contribution in [2.24, 2.45) is 0 Å². The molecule has 0 atom stereocenters. The monoisotopic (exact) mass is 233 g/mol. The molecule has 0 aliphatic carbocycles. The summed E-state index contributed by atoms with van der Waals surface area (Å²) in [6, 6.07) is 9.89. The third-order valence-electron chi connectivity index (χ3n) is 3.32. The van der Waals surface area contributed by atoms with E-state index in [0.29, 0.717) is 6.42 Å². The van der Waals surface area contributed by atoms with Gasteiger partial charge in [-0.25, -0.2) is 0 Å². The highest BCUT2D eigenvalue weighted by Crippen LogP contribution is 1.98. The van der Waals surface area contributed by atoms with Crippen LogP contribution < -0.4 is 10.2 Å². The molecular formula is C14H21N2O+. The van der Waals surface area contributed by atoms with Gasteiger partial charge in [0.1, 0.15) is 0 Å². The van der Waals surface area contributed by atoms with E-state index in [1.54, 1.807) is 4.90 Å². The molecule has 1 fully saturated rings. The van der Waals surface area contributed by atoms with E-state index in [1.165, 1.54) is 25.9 Å². The molecule has 2 N–H and O–H groups in total. The van der Waals surface area contributed by atoms with Crippen molar-refractivity contribution in [3.8, 4) is 0 Å². The van der Waals surface area contributed by atoms with E-state index in [4.69, 9.17) is 0 Å². The van der Waals surface area contributed by atoms with E-state index in [9.17, 15) is 4.79 Å². The third-order valence-corrected chi connectivity index (χ3v) is 3.32. The van der Waals surface area contributed by atoms with Crippen LogP contribution in [0.5, 0.6) is 0 Å². The fourth-order valence-electron chi connectivity index (χ4n) is 2.35. The number of quaternary nitrogens is 1. The third kappa shape index (κ3) is 4.19. The van der Waals surface area contributed by atoms with Crippen LogP contribution in [-0.4, -0.2) is 32.1 Å². The van der Waals surface area contributed by atoms with Crippen molar-refractivity contribution in [2.45, 2.75) is 19.3 Å². The smallest absolute Gasteiger partial charge is 0.224 e. The summed E-state index contributed by atoms with van der Waals surface area (Å²) in [6.07, 6.45) is 3.18. The summed E-state index contributed by atoms with van der Waals surface area (Å²) < 4.78 is 0. The summed E-state index contributed by atoms with van der Waals surface area (Å²) in [5.74, 6) is 0.134. The zero-order valence-electron chi connectivity index (χ0n) is 10.2. The second-order valence-corrected chi connectivity index (χ2v) is 4.72. The fourth-order valence-corrected chi connectivity index (χ4v) is 2.35. The molecule has 3 nitrogen and oxygen atoms in total. The van der Waals surface area contributed by atoms with Crippen LogP contribution in [0, 0.1) is 0 Å². The number of hydrogen-bond donors (Lipinski definition) is 2. The molecule has 92 valence electrons. The van der Waals surface area contributed by atoms with Gasteiger partial charge in [0.2, 0.25) is 5.91 Å². The second kappa shape index (κ2) is 6.40. The summed E-state index contributed by atoms with van der Waals surface area (Å²) in [7, 11) is 0. The van der Waals surface area contributed by atoms with Gasteiger partial charge in [0, 0.05) is 12.8 Å². The van der Waals surface area contributed by atoms with Gasteiger partial charge in [-0.3, -0.25) is 4.79 Å². The first-order chi connectivity index (χ1) is 8.34. The molecule has 1 aromatic rings. The number of likely N-dealkylation sites (tertiary alicyclic amines) is 1. The van der Waals surface area contributed by atoms with Crippen molar-refractivity contribution in [3.05, 3.63) is 35.9 Å². The largest absolute Gasteiger partial charge is 0.350 e. The van der Waals surface area contributed by atoms with Crippen molar-refractivity contribution < 1.29 is 9.69 Å². The molecule has 1 aliphatic heterocycles. The molecular weight excluding hydrogens is 212 g/mol. The molecule has 1 saturated heterocycles. The summed E-state index contributed by atoms with van der Waals surface area (Å²) >= 11 is 0. The summed E-state index contributed by atoms with van der Waals surface area (Å²) in [5, 5.41) is 3.00. The average molecular weight is 233 g/mol. The molecule has 1 aromatic carbocycles. The van der Waals surface area contributed by atoms with Gasteiger partial charge in [-0.15, -0.1) is 0 Å².